The number of nitrogens with zero attached hydrogens (tertiary/aromatic N) is 1. The lowest BCUT2D eigenvalue weighted by Gasteiger charge is -2.06. The number of H-pyrrole nitrogens is 1. The fourth-order valence-corrected chi connectivity index (χ4v) is 2.37. The number of aromatic amines is 1. The first-order chi connectivity index (χ1) is 9.79. The standard InChI is InChI=1S/C17H17N3/c1-2-12-8-10-13(11-9-12)15-16(19-20-17(15)18)14-6-4-3-5-7-14/h3-11H,2H2,1H3,(H3,18,19,20). The highest BCUT2D eigenvalue weighted by molar-refractivity contribution is 5.87. The molecule has 2 aromatic carbocycles. The number of hydrogen-bond donors (Lipinski definition) is 2. The number of nitrogens with two attached hydrogens (primary N) is 1. The Morgan fingerprint density at radius 2 is 1.65 bits per heavy atom. The normalized spacial score (nSPS) is 10.7. The molecule has 0 fully saturated rings. The van der Waals surface area contributed by atoms with Gasteiger partial charge in [-0.25, -0.2) is 0 Å². The van der Waals surface area contributed by atoms with Crippen molar-refractivity contribution in [1.29, 1.82) is 0 Å². The number of hydrogen-bond acceptors (Lipinski definition) is 2. The summed E-state index contributed by atoms with van der Waals surface area (Å²) in [6.07, 6.45) is 1.03. The van der Waals surface area contributed by atoms with E-state index in [1.54, 1.807) is 0 Å². The van der Waals surface area contributed by atoms with Gasteiger partial charge in [0.15, 0.2) is 5.82 Å². The van der Waals surface area contributed by atoms with Crippen molar-refractivity contribution in [3.63, 3.8) is 0 Å². The minimum atomic E-state index is 0.535. The van der Waals surface area contributed by atoms with Gasteiger partial charge in [-0.3, -0.25) is 5.10 Å². The minimum absolute atomic E-state index is 0.535. The largest absolute Gasteiger partial charge is 0.382 e. The minimum Gasteiger partial charge on any atom is -0.382 e. The number of aromatic nitrogens is 2. The second kappa shape index (κ2) is 5.21. The Morgan fingerprint density at radius 1 is 0.950 bits per heavy atom. The van der Waals surface area contributed by atoms with Gasteiger partial charge < -0.3 is 5.73 Å². The monoisotopic (exact) mass is 263 g/mol. The van der Waals surface area contributed by atoms with E-state index < -0.39 is 0 Å². The number of nitrogens with one attached hydrogen (secondary N) is 1. The number of aryl methyl sites for hydroxylation is 1. The summed E-state index contributed by atoms with van der Waals surface area (Å²) >= 11 is 0. The highest BCUT2D eigenvalue weighted by Crippen LogP contribution is 2.34. The molecule has 0 saturated heterocycles. The van der Waals surface area contributed by atoms with Crippen molar-refractivity contribution in [3.05, 3.63) is 60.2 Å². The van der Waals surface area contributed by atoms with Gasteiger partial charge in [-0.1, -0.05) is 61.5 Å². The van der Waals surface area contributed by atoms with Crippen molar-refractivity contribution >= 4 is 5.82 Å². The molecule has 3 nitrogen and oxygen atoms in total. The maximum absolute atomic E-state index is 6.04. The molecule has 1 heterocycles. The number of nitrogen functional groups attached to an aromatic ring is 1. The summed E-state index contributed by atoms with van der Waals surface area (Å²) in [4.78, 5) is 0. The molecule has 3 heteroatoms. The van der Waals surface area contributed by atoms with E-state index >= 15 is 0 Å². The first-order valence-electron chi connectivity index (χ1n) is 6.78. The molecule has 1 aromatic heterocycles. The van der Waals surface area contributed by atoms with Gasteiger partial charge in [0.2, 0.25) is 0 Å². The summed E-state index contributed by atoms with van der Waals surface area (Å²) in [7, 11) is 0. The van der Waals surface area contributed by atoms with Gasteiger partial charge in [0, 0.05) is 5.56 Å². The molecule has 100 valence electrons. The molecule has 0 unspecified atom stereocenters. The summed E-state index contributed by atoms with van der Waals surface area (Å²) in [5, 5.41) is 7.21. The first kappa shape index (κ1) is 12.5. The summed E-state index contributed by atoms with van der Waals surface area (Å²) in [5.74, 6) is 0.535. The van der Waals surface area contributed by atoms with Gasteiger partial charge in [0.1, 0.15) is 0 Å². The fourth-order valence-electron chi connectivity index (χ4n) is 2.37. The first-order valence-corrected chi connectivity index (χ1v) is 6.78. The molecule has 0 saturated carbocycles. The maximum Gasteiger partial charge on any atom is 0.153 e. The quantitative estimate of drug-likeness (QED) is 0.753. The number of rotatable bonds is 3. The van der Waals surface area contributed by atoms with Gasteiger partial charge in [0.05, 0.1) is 11.3 Å². The molecular weight excluding hydrogens is 246 g/mol. The lowest BCUT2D eigenvalue weighted by molar-refractivity contribution is 1.10. The Bertz CT molecular complexity index is 697. The molecule has 0 spiro atoms. The van der Waals surface area contributed by atoms with E-state index in [4.69, 9.17) is 5.73 Å². The van der Waals surface area contributed by atoms with Crippen LogP contribution in [0, 0.1) is 0 Å². The molecule has 0 aliphatic carbocycles. The third-order valence-electron chi connectivity index (χ3n) is 3.51. The molecule has 0 amide bonds. The average molecular weight is 263 g/mol. The van der Waals surface area contributed by atoms with E-state index in [2.05, 4.69) is 53.5 Å². The van der Waals surface area contributed by atoms with Crippen molar-refractivity contribution in [2.45, 2.75) is 13.3 Å². The van der Waals surface area contributed by atoms with Crippen LogP contribution in [0.1, 0.15) is 12.5 Å². The van der Waals surface area contributed by atoms with Crippen LogP contribution >= 0.6 is 0 Å². The molecule has 0 aliphatic heterocycles. The Balaban J connectivity index is 2.11. The Labute approximate surface area is 118 Å². The van der Waals surface area contributed by atoms with Crippen LogP contribution in [0.5, 0.6) is 0 Å². The third-order valence-corrected chi connectivity index (χ3v) is 3.51. The summed E-state index contributed by atoms with van der Waals surface area (Å²) in [6, 6.07) is 18.6. The summed E-state index contributed by atoms with van der Waals surface area (Å²) in [5.41, 5.74) is 11.5. The lowest BCUT2D eigenvalue weighted by atomic mass is 9.99. The zero-order valence-corrected chi connectivity index (χ0v) is 11.4. The van der Waals surface area contributed by atoms with Gasteiger partial charge >= 0.3 is 0 Å². The van der Waals surface area contributed by atoms with Crippen molar-refractivity contribution in [2.24, 2.45) is 0 Å². The van der Waals surface area contributed by atoms with Crippen LogP contribution in [0.4, 0.5) is 5.82 Å². The van der Waals surface area contributed by atoms with E-state index in [9.17, 15) is 0 Å². The lowest BCUT2D eigenvalue weighted by Crippen LogP contribution is -1.89. The molecule has 3 rings (SSSR count). The predicted octanol–water partition coefficient (Wildman–Crippen LogP) is 3.89. The molecule has 0 aliphatic rings. The van der Waals surface area contributed by atoms with E-state index in [0.29, 0.717) is 5.82 Å². The van der Waals surface area contributed by atoms with Crippen LogP contribution in [0.15, 0.2) is 54.6 Å². The van der Waals surface area contributed by atoms with Crippen LogP contribution in [0.3, 0.4) is 0 Å². The van der Waals surface area contributed by atoms with Crippen molar-refractivity contribution in [2.75, 3.05) is 5.73 Å². The average Bonchev–Trinajstić information content (AvgIpc) is 2.90. The SMILES string of the molecule is CCc1ccc(-c2c(N)n[nH]c2-c2ccccc2)cc1. The van der Waals surface area contributed by atoms with Gasteiger partial charge in [0.25, 0.3) is 0 Å². The summed E-state index contributed by atoms with van der Waals surface area (Å²) in [6.45, 7) is 2.15. The van der Waals surface area contributed by atoms with Crippen molar-refractivity contribution in [1.82, 2.24) is 10.2 Å². The van der Waals surface area contributed by atoms with Crippen LogP contribution < -0.4 is 5.73 Å². The van der Waals surface area contributed by atoms with Crippen LogP contribution in [-0.2, 0) is 6.42 Å². The highest BCUT2D eigenvalue weighted by atomic mass is 15.2. The molecular formula is C17H17N3. The topological polar surface area (TPSA) is 54.7 Å². The fraction of sp³-hybridized carbons (Fsp3) is 0.118. The van der Waals surface area contributed by atoms with Crippen LogP contribution in [0.25, 0.3) is 22.4 Å². The summed E-state index contributed by atoms with van der Waals surface area (Å²) < 4.78 is 0. The number of anilines is 1. The van der Waals surface area contributed by atoms with E-state index in [-0.39, 0.29) is 0 Å². The second-order valence-electron chi connectivity index (χ2n) is 4.78. The molecule has 0 radical (unpaired) electrons. The zero-order valence-electron chi connectivity index (χ0n) is 11.4. The second-order valence-corrected chi connectivity index (χ2v) is 4.78. The van der Waals surface area contributed by atoms with Crippen LogP contribution in [-0.4, -0.2) is 10.2 Å². The zero-order chi connectivity index (χ0) is 13.9. The Kier molecular flexibility index (Phi) is 3.25. The molecule has 20 heavy (non-hydrogen) atoms. The van der Waals surface area contributed by atoms with E-state index in [1.165, 1.54) is 5.56 Å². The number of benzene rings is 2. The van der Waals surface area contributed by atoms with Gasteiger partial charge in [-0.05, 0) is 17.5 Å². The highest BCUT2D eigenvalue weighted by Gasteiger charge is 2.14. The predicted molar refractivity (Wildman–Crippen MR) is 83.3 cm³/mol. The van der Waals surface area contributed by atoms with E-state index in [0.717, 1.165) is 28.8 Å². The van der Waals surface area contributed by atoms with Crippen LogP contribution in [0.2, 0.25) is 0 Å². The molecule has 0 atom stereocenters. The van der Waals surface area contributed by atoms with Crippen molar-refractivity contribution < 1.29 is 0 Å². The van der Waals surface area contributed by atoms with Crippen molar-refractivity contribution in [3.8, 4) is 22.4 Å². The third kappa shape index (κ3) is 2.18. The Morgan fingerprint density at radius 3 is 2.30 bits per heavy atom. The van der Waals surface area contributed by atoms with Gasteiger partial charge in [-0.2, -0.15) is 5.10 Å². The Hall–Kier alpha value is -2.55. The molecule has 3 aromatic rings. The van der Waals surface area contributed by atoms with Gasteiger partial charge in [-0.15, -0.1) is 0 Å². The smallest absolute Gasteiger partial charge is 0.153 e. The molecule has 3 N–H and O–H groups in total. The maximum atomic E-state index is 6.04. The van der Waals surface area contributed by atoms with E-state index in [1.807, 2.05) is 18.2 Å². The molecule has 0 bridgehead atoms.